The van der Waals surface area contributed by atoms with E-state index >= 15 is 0 Å². The number of para-hydroxylation sites is 1. The summed E-state index contributed by atoms with van der Waals surface area (Å²) in [6, 6.07) is 8.94. The molecule has 98 valence electrons. The van der Waals surface area contributed by atoms with E-state index in [0.717, 1.165) is 6.42 Å². The van der Waals surface area contributed by atoms with E-state index < -0.39 is 17.2 Å². The fourth-order valence-electron chi connectivity index (χ4n) is 1.41. The van der Waals surface area contributed by atoms with Gasteiger partial charge in [-0.15, -0.1) is 0 Å². The monoisotopic (exact) mass is 252 g/mol. The highest BCUT2D eigenvalue weighted by Crippen LogP contribution is 2.15. The summed E-state index contributed by atoms with van der Waals surface area (Å²) in [5, 5.41) is 10.5. The van der Waals surface area contributed by atoms with E-state index in [1.165, 1.54) is 11.8 Å². The molecule has 18 heavy (non-hydrogen) atoms. The number of hydrogen-bond donors (Lipinski definition) is 0. The summed E-state index contributed by atoms with van der Waals surface area (Å²) in [5.74, 6) is 0. The van der Waals surface area contributed by atoms with E-state index in [1.807, 2.05) is 13.0 Å². The molecule has 1 unspecified atom stereocenters. The number of benzene rings is 1. The third-order valence-electron chi connectivity index (χ3n) is 2.30. The molecule has 0 aliphatic rings. The van der Waals surface area contributed by atoms with Crippen LogP contribution in [0.4, 0.5) is 10.5 Å². The summed E-state index contributed by atoms with van der Waals surface area (Å²) in [4.78, 5) is 23.1. The fraction of sp³-hybridized carbons (Fsp3) is 0.417. The normalized spacial score (nSPS) is 11.7. The van der Waals surface area contributed by atoms with Crippen molar-refractivity contribution in [2.75, 3.05) is 11.4 Å². The van der Waals surface area contributed by atoms with Gasteiger partial charge in [-0.05, 0) is 18.6 Å². The maximum atomic E-state index is 11.8. The minimum atomic E-state index is -1.35. The summed E-state index contributed by atoms with van der Waals surface area (Å²) in [6.07, 6.45) is -1.32. The molecule has 1 rings (SSSR count). The lowest BCUT2D eigenvalue weighted by atomic mass is 10.3. The molecule has 6 nitrogen and oxygen atoms in total. The lowest BCUT2D eigenvalue weighted by Crippen LogP contribution is -2.36. The van der Waals surface area contributed by atoms with Crippen LogP contribution >= 0.6 is 0 Å². The Morgan fingerprint density at radius 2 is 2.06 bits per heavy atom. The highest BCUT2D eigenvalue weighted by Gasteiger charge is 2.23. The summed E-state index contributed by atoms with van der Waals surface area (Å²) < 4.78 is 4.77. The minimum Gasteiger partial charge on any atom is -0.381 e. The van der Waals surface area contributed by atoms with Gasteiger partial charge in [-0.2, -0.15) is 0 Å². The Bertz CT molecular complexity index is 408. The Balaban J connectivity index is 2.79. The first-order valence-electron chi connectivity index (χ1n) is 5.73. The van der Waals surface area contributed by atoms with Gasteiger partial charge >= 0.3 is 12.3 Å². The molecule has 1 aromatic carbocycles. The zero-order valence-corrected chi connectivity index (χ0v) is 10.4. The quantitative estimate of drug-likeness (QED) is 0.458. The molecule has 0 aliphatic carbocycles. The van der Waals surface area contributed by atoms with E-state index in [4.69, 9.17) is 4.74 Å². The Morgan fingerprint density at radius 3 is 2.56 bits per heavy atom. The Labute approximate surface area is 105 Å². The maximum Gasteiger partial charge on any atom is 0.419 e. The van der Waals surface area contributed by atoms with Gasteiger partial charge in [-0.3, -0.25) is 15.0 Å². The molecule has 1 atom stereocenters. The van der Waals surface area contributed by atoms with Crippen molar-refractivity contribution >= 4 is 11.8 Å². The number of hydrogen-bond acceptors (Lipinski definition) is 4. The summed E-state index contributed by atoms with van der Waals surface area (Å²) in [7, 11) is 0. The predicted octanol–water partition coefficient (Wildman–Crippen LogP) is 2.66. The average Bonchev–Trinajstić information content (AvgIpc) is 2.36. The maximum absolute atomic E-state index is 11.8. The van der Waals surface area contributed by atoms with Crippen molar-refractivity contribution in [1.29, 1.82) is 0 Å². The molecule has 1 amide bonds. The van der Waals surface area contributed by atoms with Gasteiger partial charge in [0.2, 0.25) is 0 Å². The van der Waals surface area contributed by atoms with E-state index in [1.54, 1.807) is 24.3 Å². The number of rotatable bonds is 5. The summed E-state index contributed by atoms with van der Waals surface area (Å²) in [6.45, 7) is 3.60. The van der Waals surface area contributed by atoms with Crippen LogP contribution in [-0.2, 0) is 4.74 Å². The van der Waals surface area contributed by atoms with Crippen molar-refractivity contribution in [2.45, 2.75) is 26.5 Å². The van der Waals surface area contributed by atoms with Crippen LogP contribution < -0.4 is 4.90 Å². The largest absolute Gasteiger partial charge is 0.419 e. The molecule has 0 radical (unpaired) electrons. The topological polar surface area (TPSA) is 72.7 Å². The van der Waals surface area contributed by atoms with Crippen molar-refractivity contribution in [1.82, 2.24) is 0 Å². The Hall–Kier alpha value is -2.11. The molecule has 0 saturated heterocycles. The van der Waals surface area contributed by atoms with E-state index in [9.17, 15) is 14.9 Å². The third kappa shape index (κ3) is 3.73. The second kappa shape index (κ2) is 6.58. The van der Waals surface area contributed by atoms with Gasteiger partial charge in [0.15, 0.2) is 0 Å². The van der Waals surface area contributed by atoms with Crippen LogP contribution in [0.1, 0.15) is 20.3 Å². The smallest absolute Gasteiger partial charge is 0.381 e. The molecule has 0 aliphatic heterocycles. The first kappa shape index (κ1) is 14.0. The molecule has 0 N–H and O–H groups in total. The molecule has 0 aromatic heterocycles. The van der Waals surface area contributed by atoms with Crippen LogP contribution in [0.2, 0.25) is 0 Å². The van der Waals surface area contributed by atoms with Crippen molar-refractivity contribution in [3.05, 3.63) is 40.4 Å². The first-order chi connectivity index (χ1) is 8.56. The average molecular weight is 252 g/mol. The van der Waals surface area contributed by atoms with Crippen LogP contribution in [-0.4, -0.2) is 23.8 Å². The Kier molecular flexibility index (Phi) is 5.10. The van der Waals surface area contributed by atoms with Crippen molar-refractivity contribution in [2.24, 2.45) is 0 Å². The first-order valence-corrected chi connectivity index (χ1v) is 5.73. The molecule has 0 bridgehead atoms. The van der Waals surface area contributed by atoms with Crippen molar-refractivity contribution in [3.63, 3.8) is 0 Å². The second-order valence-corrected chi connectivity index (χ2v) is 3.76. The molecule has 6 heteroatoms. The van der Waals surface area contributed by atoms with E-state index in [0.29, 0.717) is 12.2 Å². The highest BCUT2D eigenvalue weighted by atomic mass is 16.7. The zero-order valence-electron chi connectivity index (χ0n) is 10.4. The molecule has 0 spiro atoms. The molecule has 1 aromatic rings. The van der Waals surface area contributed by atoms with Crippen molar-refractivity contribution < 1.29 is 14.5 Å². The van der Waals surface area contributed by atoms with Crippen LogP contribution in [0, 0.1) is 10.1 Å². The number of carbonyl (C=O) groups is 1. The SMILES string of the molecule is CCCN(C(=O)OC(C)[N+](=O)[O-])c1ccccc1. The zero-order chi connectivity index (χ0) is 13.5. The lowest BCUT2D eigenvalue weighted by Gasteiger charge is -2.21. The number of nitrogens with zero attached hydrogens (tertiary/aromatic N) is 2. The van der Waals surface area contributed by atoms with Gasteiger partial charge < -0.3 is 4.74 Å². The van der Waals surface area contributed by atoms with Gasteiger partial charge in [0, 0.05) is 19.2 Å². The van der Waals surface area contributed by atoms with Crippen molar-refractivity contribution in [3.8, 4) is 0 Å². The van der Waals surface area contributed by atoms with Gasteiger partial charge in [-0.25, -0.2) is 4.79 Å². The lowest BCUT2D eigenvalue weighted by molar-refractivity contribution is -0.561. The van der Waals surface area contributed by atoms with Gasteiger partial charge in [0.25, 0.3) is 0 Å². The van der Waals surface area contributed by atoms with Crippen LogP contribution in [0.3, 0.4) is 0 Å². The van der Waals surface area contributed by atoms with Crippen LogP contribution in [0.5, 0.6) is 0 Å². The third-order valence-corrected chi connectivity index (χ3v) is 2.30. The highest BCUT2D eigenvalue weighted by molar-refractivity contribution is 5.87. The number of ether oxygens (including phenoxy) is 1. The molecular weight excluding hydrogens is 236 g/mol. The van der Waals surface area contributed by atoms with Gasteiger partial charge in [0.1, 0.15) is 0 Å². The summed E-state index contributed by atoms with van der Waals surface area (Å²) in [5.41, 5.74) is 0.667. The number of amides is 1. The van der Waals surface area contributed by atoms with Crippen LogP contribution in [0.25, 0.3) is 0 Å². The number of carbonyl (C=O) groups excluding carboxylic acids is 1. The van der Waals surface area contributed by atoms with Crippen LogP contribution in [0.15, 0.2) is 30.3 Å². The van der Waals surface area contributed by atoms with E-state index in [2.05, 4.69) is 0 Å². The molecule has 0 saturated carbocycles. The molecule has 0 heterocycles. The Morgan fingerprint density at radius 1 is 1.44 bits per heavy atom. The molecular formula is C12H16N2O4. The standard InChI is InChI=1S/C12H16N2O4/c1-3-9-13(11-7-5-4-6-8-11)12(15)18-10(2)14(16)17/h4-8,10H,3,9H2,1-2H3. The predicted molar refractivity (Wildman–Crippen MR) is 67.0 cm³/mol. The van der Waals surface area contributed by atoms with Gasteiger partial charge in [0.05, 0.1) is 4.92 Å². The summed E-state index contributed by atoms with van der Waals surface area (Å²) >= 11 is 0. The molecule has 0 fully saturated rings. The van der Waals surface area contributed by atoms with Gasteiger partial charge in [-0.1, -0.05) is 25.1 Å². The van der Waals surface area contributed by atoms with E-state index in [-0.39, 0.29) is 0 Å². The fourth-order valence-corrected chi connectivity index (χ4v) is 1.41. The second-order valence-electron chi connectivity index (χ2n) is 3.76. The number of nitro groups is 1. The minimum absolute atomic E-state index is 0.452. The number of anilines is 1.